The highest BCUT2D eigenvalue weighted by Gasteiger charge is 2.26. The number of nitrogens with zero attached hydrogens (tertiary/aromatic N) is 5. The van der Waals surface area contributed by atoms with Gasteiger partial charge in [0, 0.05) is 13.2 Å². The molecule has 2 heterocycles. The van der Waals surface area contributed by atoms with Gasteiger partial charge in [-0.05, 0) is 18.2 Å². The van der Waals surface area contributed by atoms with E-state index in [-0.39, 0.29) is 11.6 Å². The van der Waals surface area contributed by atoms with E-state index in [0.29, 0.717) is 22.9 Å². The Hall–Kier alpha value is -3.36. The number of ether oxygens (including phenoxy) is 2. The van der Waals surface area contributed by atoms with Gasteiger partial charge in [0.15, 0.2) is 5.82 Å². The first-order chi connectivity index (χ1) is 11.6. The Morgan fingerprint density at radius 1 is 1.12 bits per heavy atom. The molecule has 0 amide bonds. The van der Waals surface area contributed by atoms with Gasteiger partial charge in [-0.15, -0.1) is 10.2 Å². The summed E-state index contributed by atoms with van der Waals surface area (Å²) in [6, 6.07) is 6.86. The molecule has 0 saturated carbocycles. The third-order valence-electron chi connectivity index (χ3n) is 3.42. The molecule has 0 aliphatic carbocycles. The van der Waals surface area contributed by atoms with E-state index in [1.54, 1.807) is 42.2 Å². The Balaban J connectivity index is 2.35. The normalized spacial score (nSPS) is 10.6. The lowest BCUT2D eigenvalue weighted by Gasteiger charge is -2.15. The predicted octanol–water partition coefficient (Wildman–Crippen LogP) is 1.38. The number of aromatic carboxylic acids is 1. The molecule has 0 saturated heterocycles. The third kappa shape index (κ3) is 2.45. The highest BCUT2D eigenvalue weighted by Crippen LogP contribution is 2.35. The molecule has 0 aliphatic heterocycles. The molecule has 0 fully saturated rings. The van der Waals surface area contributed by atoms with Crippen molar-refractivity contribution in [3.05, 3.63) is 36.3 Å². The molecule has 24 heavy (non-hydrogen) atoms. The number of benzene rings is 1. The van der Waals surface area contributed by atoms with E-state index in [0.717, 1.165) is 0 Å². The van der Waals surface area contributed by atoms with Crippen molar-refractivity contribution < 1.29 is 19.4 Å². The minimum Gasteiger partial charge on any atom is -0.494 e. The van der Waals surface area contributed by atoms with Crippen LogP contribution in [0.3, 0.4) is 0 Å². The molecule has 1 N–H and O–H groups in total. The van der Waals surface area contributed by atoms with E-state index in [2.05, 4.69) is 15.3 Å². The van der Waals surface area contributed by atoms with Crippen molar-refractivity contribution in [2.24, 2.45) is 7.05 Å². The molecule has 0 atom stereocenters. The maximum atomic E-state index is 11.6. The summed E-state index contributed by atoms with van der Waals surface area (Å²) in [5.41, 5.74) is 0.871. The van der Waals surface area contributed by atoms with Crippen molar-refractivity contribution >= 4 is 5.97 Å². The second-order valence-electron chi connectivity index (χ2n) is 4.87. The summed E-state index contributed by atoms with van der Waals surface area (Å²) in [5.74, 6) is -0.366. The Labute approximate surface area is 137 Å². The number of hydrogen-bond acceptors (Lipinski definition) is 6. The Morgan fingerprint density at radius 3 is 2.29 bits per heavy atom. The van der Waals surface area contributed by atoms with Crippen molar-refractivity contribution in [2.45, 2.75) is 0 Å². The quantitative estimate of drug-likeness (QED) is 0.754. The number of carboxylic acids is 1. The van der Waals surface area contributed by atoms with Gasteiger partial charge in [-0.1, -0.05) is 6.07 Å². The average molecular weight is 329 g/mol. The van der Waals surface area contributed by atoms with Crippen LogP contribution < -0.4 is 9.47 Å². The van der Waals surface area contributed by atoms with Gasteiger partial charge in [0.25, 0.3) is 0 Å². The minimum absolute atomic E-state index is 0.265. The molecular weight excluding hydrogens is 314 g/mol. The van der Waals surface area contributed by atoms with Gasteiger partial charge in [0.1, 0.15) is 22.9 Å². The molecule has 9 heteroatoms. The zero-order chi connectivity index (χ0) is 17.3. The zero-order valence-electron chi connectivity index (χ0n) is 13.3. The fourth-order valence-electron chi connectivity index (χ4n) is 2.39. The van der Waals surface area contributed by atoms with E-state index in [9.17, 15) is 9.90 Å². The summed E-state index contributed by atoms with van der Waals surface area (Å²) in [4.78, 5) is 11.6. The van der Waals surface area contributed by atoms with Crippen molar-refractivity contribution in [2.75, 3.05) is 14.2 Å². The predicted molar refractivity (Wildman–Crippen MR) is 83.6 cm³/mol. The van der Waals surface area contributed by atoms with Crippen molar-refractivity contribution in [3.63, 3.8) is 0 Å². The summed E-state index contributed by atoms with van der Waals surface area (Å²) in [7, 11) is 4.74. The van der Waals surface area contributed by atoms with E-state index in [1.165, 1.54) is 18.8 Å². The van der Waals surface area contributed by atoms with Crippen LogP contribution in [0.5, 0.6) is 11.5 Å². The van der Waals surface area contributed by atoms with Gasteiger partial charge < -0.3 is 14.6 Å². The molecule has 0 unspecified atom stereocenters. The molecule has 0 spiro atoms. The number of aryl methyl sites for hydroxylation is 1. The fourth-order valence-corrected chi connectivity index (χ4v) is 2.39. The highest BCUT2D eigenvalue weighted by molar-refractivity contribution is 5.86. The smallest absolute Gasteiger partial charge is 0.374 e. The SMILES string of the molecule is COc1cccc(OC)c1-n1c(C(=O)O)nnc1-c1ccn(C)n1. The Morgan fingerprint density at radius 2 is 1.79 bits per heavy atom. The van der Waals surface area contributed by atoms with Crippen molar-refractivity contribution in [1.29, 1.82) is 0 Å². The molecule has 9 nitrogen and oxygen atoms in total. The van der Waals surface area contributed by atoms with Gasteiger partial charge in [-0.25, -0.2) is 4.79 Å². The lowest BCUT2D eigenvalue weighted by molar-refractivity contribution is 0.0681. The lowest BCUT2D eigenvalue weighted by Crippen LogP contribution is -2.11. The van der Waals surface area contributed by atoms with Crippen molar-refractivity contribution in [1.82, 2.24) is 24.5 Å². The Kier molecular flexibility index (Phi) is 3.90. The van der Waals surface area contributed by atoms with E-state index in [4.69, 9.17) is 9.47 Å². The van der Waals surface area contributed by atoms with E-state index < -0.39 is 5.97 Å². The van der Waals surface area contributed by atoms with Crippen molar-refractivity contribution in [3.8, 4) is 28.7 Å². The van der Waals surface area contributed by atoms with Crippen LogP contribution in [0.25, 0.3) is 17.2 Å². The molecular formula is C15H15N5O4. The zero-order valence-corrected chi connectivity index (χ0v) is 13.3. The summed E-state index contributed by atoms with van der Waals surface area (Å²) >= 11 is 0. The maximum absolute atomic E-state index is 11.6. The van der Waals surface area contributed by atoms with Gasteiger partial charge in [-0.2, -0.15) is 5.10 Å². The average Bonchev–Trinajstić information content (AvgIpc) is 3.19. The van der Waals surface area contributed by atoms with Gasteiger partial charge in [0.2, 0.25) is 5.82 Å². The first-order valence-electron chi connectivity index (χ1n) is 6.97. The first-order valence-corrected chi connectivity index (χ1v) is 6.97. The monoisotopic (exact) mass is 329 g/mol. The lowest BCUT2D eigenvalue weighted by atomic mass is 10.2. The number of methoxy groups -OCH3 is 2. The second kappa shape index (κ2) is 6.03. The van der Waals surface area contributed by atoms with E-state index >= 15 is 0 Å². The molecule has 124 valence electrons. The van der Waals surface area contributed by atoms with Crippen LogP contribution in [0.15, 0.2) is 30.5 Å². The fraction of sp³-hybridized carbons (Fsp3) is 0.200. The summed E-state index contributed by atoms with van der Waals surface area (Å²) in [6.07, 6.45) is 1.73. The van der Waals surface area contributed by atoms with E-state index in [1.807, 2.05) is 0 Å². The van der Waals surface area contributed by atoms with Gasteiger partial charge >= 0.3 is 5.97 Å². The van der Waals surface area contributed by atoms with Crippen LogP contribution in [-0.4, -0.2) is 49.8 Å². The maximum Gasteiger partial charge on any atom is 0.374 e. The van der Waals surface area contributed by atoms with Gasteiger partial charge in [-0.3, -0.25) is 9.25 Å². The Bertz CT molecular complexity index is 877. The summed E-state index contributed by atoms with van der Waals surface area (Å²) in [5, 5.41) is 21.5. The van der Waals surface area contributed by atoms with Crippen LogP contribution in [0.4, 0.5) is 0 Å². The molecule has 1 aromatic carbocycles. The van der Waals surface area contributed by atoms with Crippen LogP contribution in [0, 0.1) is 0 Å². The minimum atomic E-state index is -1.22. The molecule has 0 bridgehead atoms. The van der Waals surface area contributed by atoms with Crippen LogP contribution >= 0.6 is 0 Å². The van der Waals surface area contributed by atoms with Crippen LogP contribution in [-0.2, 0) is 7.05 Å². The third-order valence-corrected chi connectivity index (χ3v) is 3.42. The van der Waals surface area contributed by atoms with Crippen LogP contribution in [0.1, 0.15) is 10.6 Å². The molecule has 0 aliphatic rings. The number of carbonyl (C=O) groups is 1. The number of carboxylic acid groups (broad SMARTS) is 1. The topological polar surface area (TPSA) is 104 Å². The van der Waals surface area contributed by atoms with Gasteiger partial charge in [0.05, 0.1) is 14.2 Å². The molecule has 3 rings (SSSR count). The van der Waals surface area contributed by atoms with Crippen LogP contribution in [0.2, 0.25) is 0 Å². The second-order valence-corrected chi connectivity index (χ2v) is 4.87. The summed E-state index contributed by atoms with van der Waals surface area (Å²) < 4.78 is 13.7. The number of aromatic nitrogens is 5. The standard InChI is InChI=1S/C15H15N5O4/c1-19-8-7-9(18-19)13-16-17-14(15(21)22)20(13)12-10(23-2)5-4-6-11(12)24-3/h4-8H,1-3H3,(H,21,22). The number of rotatable bonds is 5. The molecule has 2 aromatic heterocycles. The summed E-state index contributed by atoms with van der Waals surface area (Å²) in [6.45, 7) is 0. The number of hydrogen-bond donors (Lipinski definition) is 1. The molecule has 3 aromatic rings. The molecule has 0 radical (unpaired) electrons. The largest absolute Gasteiger partial charge is 0.494 e. The number of para-hydroxylation sites is 1. The first kappa shape index (κ1) is 15.5. The highest BCUT2D eigenvalue weighted by atomic mass is 16.5.